The number of benzene rings is 2. The predicted molar refractivity (Wildman–Crippen MR) is 102 cm³/mol. The Labute approximate surface area is 178 Å². The van der Waals surface area contributed by atoms with E-state index in [1.807, 2.05) is 67.6 Å². The molecule has 0 radical (unpaired) electrons. The molecule has 130 valence electrons. The van der Waals surface area contributed by atoms with E-state index >= 15 is 0 Å². The van der Waals surface area contributed by atoms with Crippen molar-refractivity contribution in [2.45, 2.75) is 19.9 Å². The van der Waals surface area contributed by atoms with E-state index in [4.69, 9.17) is 0 Å². The first kappa shape index (κ1) is 19.4. The van der Waals surface area contributed by atoms with E-state index in [2.05, 4.69) is 5.10 Å². The van der Waals surface area contributed by atoms with Crippen molar-refractivity contribution in [3.8, 4) is 5.69 Å². The summed E-state index contributed by atoms with van der Waals surface area (Å²) in [5.41, 5.74) is 2.62. The van der Waals surface area contributed by atoms with Gasteiger partial charge in [-0.05, 0) is 37.1 Å². The molecule has 0 saturated carbocycles. The van der Waals surface area contributed by atoms with Gasteiger partial charge in [0, 0.05) is 23.3 Å². The van der Waals surface area contributed by atoms with Gasteiger partial charge in [0.25, 0.3) is 0 Å². The molecule has 4 rings (SSSR count). The summed E-state index contributed by atoms with van der Waals surface area (Å²) < 4.78 is 3.02. The minimum atomic E-state index is -0.197. The smallest absolute Gasteiger partial charge is 0.587 e. The van der Waals surface area contributed by atoms with E-state index in [-0.39, 0.29) is 40.7 Å². The third kappa shape index (κ3) is 3.72. The molecule has 0 aliphatic rings. The van der Waals surface area contributed by atoms with Crippen molar-refractivity contribution in [2.75, 3.05) is 0 Å². The van der Waals surface area contributed by atoms with Crippen LogP contribution in [0.2, 0.25) is 0 Å². The second-order valence-electron chi connectivity index (χ2n) is 6.27. The Bertz CT molecular complexity index is 1180. The van der Waals surface area contributed by atoms with E-state index in [1.165, 1.54) is 10.7 Å². The molecular weight excluding hydrogens is 349 g/mol. The SMILES string of the molecule is Cc1c2c(=O)n(-c3ccccc3)[n-]c2cc(=O)n1CCc1ccccc1.[Na+]. The van der Waals surface area contributed by atoms with Crippen LogP contribution in [0.1, 0.15) is 11.3 Å². The van der Waals surface area contributed by atoms with Crippen LogP contribution in [0.4, 0.5) is 0 Å². The van der Waals surface area contributed by atoms with Crippen molar-refractivity contribution >= 4 is 10.9 Å². The average molecular weight is 367 g/mol. The van der Waals surface area contributed by atoms with Gasteiger partial charge >= 0.3 is 29.6 Å². The Balaban J connectivity index is 0.00000210. The Morgan fingerprint density at radius 3 is 2.22 bits per heavy atom. The molecule has 0 aliphatic carbocycles. The molecular formula is C21H18N3NaO2. The van der Waals surface area contributed by atoms with E-state index in [1.54, 1.807) is 4.57 Å². The van der Waals surface area contributed by atoms with Gasteiger partial charge in [0.1, 0.15) is 0 Å². The molecule has 6 heteroatoms. The molecule has 2 aromatic heterocycles. The molecule has 0 N–H and O–H groups in total. The number of hydrogen-bond donors (Lipinski definition) is 0. The fourth-order valence-corrected chi connectivity index (χ4v) is 3.26. The second kappa shape index (κ2) is 8.13. The van der Waals surface area contributed by atoms with E-state index in [0.29, 0.717) is 28.8 Å². The predicted octanol–water partition coefficient (Wildman–Crippen LogP) is -0.335. The van der Waals surface area contributed by atoms with Crippen molar-refractivity contribution in [2.24, 2.45) is 0 Å². The molecule has 0 spiro atoms. The van der Waals surface area contributed by atoms with Crippen molar-refractivity contribution in [1.82, 2.24) is 14.3 Å². The quantitative estimate of drug-likeness (QED) is 0.464. The Morgan fingerprint density at radius 1 is 0.926 bits per heavy atom. The third-order valence-corrected chi connectivity index (χ3v) is 4.63. The first-order valence-electron chi connectivity index (χ1n) is 8.54. The van der Waals surface area contributed by atoms with Crippen LogP contribution in [0.15, 0.2) is 76.3 Å². The number of aromatic nitrogens is 3. The summed E-state index contributed by atoms with van der Waals surface area (Å²) in [5, 5.41) is 4.86. The maximum atomic E-state index is 12.9. The Hall–Kier alpha value is -2.34. The molecule has 4 aromatic rings. The third-order valence-electron chi connectivity index (χ3n) is 4.63. The van der Waals surface area contributed by atoms with Crippen molar-refractivity contribution in [3.05, 3.63) is 98.7 Å². The largest absolute Gasteiger partial charge is 1.00 e. The van der Waals surface area contributed by atoms with Crippen LogP contribution in [-0.2, 0) is 13.0 Å². The van der Waals surface area contributed by atoms with Gasteiger partial charge in [0.05, 0.1) is 0 Å². The molecule has 5 nitrogen and oxygen atoms in total. The van der Waals surface area contributed by atoms with Gasteiger partial charge in [-0.3, -0.25) is 9.59 Å². The van der Waals surface area contributed by atoms with Crippen LogP contribution in [0.5, 0.6) is 0 Å². The number of para-hydroxylation sites is 1. The topological polar surface area (TPSA) is 58.1 Å². The summed E-state index contributed by atoms with van der Waals surface area (Å²) in [6.07, 6.45) is 0.730. The molecule has 0 atom stereocenters. The Kier molecular flexibility index (Phi) is 5.85. The van der Waals surface area contributed by atoms with Crippen molar-refractivity contribution in [3.63, 3.8) is 0 Å². The molecule has 0 amide bonds. The normalized spacial score (nSPS) is 10.7. The zero-order valence-corrected chi connectivity index (χ0v) is 17.4. The minimum Gasteiger partial charge on any atom is -0.587 e. The zero-order valence-electron chi connectivity index (χ0n) is 15.4. The first-order chi connectivity index (χ1) is 12.6. The summed E-state index contributed by atoms with van der Waals surface area (Å²) in [5.74, 6) is 0. The molecule has 27 heavy (non-hydrogen) atoms. The van der Waals surface area contributed by atoms with Gasteiger partial charge in [0.15, 0.2) is 0 Å². The van der Waals surface area contributed by atoms with E-state index < -0.39 is 0 Å². The van der Waals surface area contributed by atoms with Crippen LogP contribution in [0, 0.1) is 6.92 Å². The van der Waals surface area contributed by atoms with Gasteiger partial charge in [-0.25, -0.2) is 0 Å². The molecule has 2 aromatic carbocycles. The molecule has 0 fully saturated rings. The summed E-state index contributed by atoms with van der Waals surface area (Å²) >= 11 is 0. The number of nitrogens with zero attached hydrogens (tertiary/aromatic N) is 3. The summed E-state index contributed by atoms with van der Waals surface area (Å²) in [6.45, 7) is 2.34. The summed E-state index contributed by atoms with van der Waals surface area (Å²) in [6, 6.07) is 20.7. The average Bonchev–Trinajstić information content (AvgIpc) is 2.99. The molecule has 0 aliphatic heterocycles. The number of hydrogen-bond acceptors (Lipinski definition) is 2. The Morgan fingerprint density at radius 2 is 1.56 bits per heavy atom. The molecule has 0 unspecified atom stereocenters. The van der Waals surface area contributed by atoms with Crippen LogP contribution in [0.3, 0.4) is 0 Å². The number of pyridine rings is 1. The van der Waals surface area contributed by atoms with E-state index in [9.17, 15) is 9.59 Å². The fraction of sp³-hybridized carbons (Fsp3) is 0.143. The van der Waals surface area contributed by atoms with E-state index in [0.717, 1.165) is 12.0 Å². The van der Waals surface area contributed by atoms with Gasteiger partial charge in [-0.2, -0.15) is 0 Å². The van der Waals surface area contributed by atoms with Gasteiger partial charge in [-0.15, -0.1) is 5.52 Å². The molecule has 2 heterocycles. The fourth-order valence-electron chi connectivity index (χ4n) is 3.26. The van der Waals surface area contributed by atoms with Crippen LogP contribution in [-0.4, -0.2) is 9.25 Å². The second-order valence-corrected chi connectivity index (χ2v) is 6.27. The maximum absolute atomic E-state index is 12.9. The first-order valence-corrected chi connectivity index (χ1v) is 8.54. The molecule has 0 bridgehead atoms. The van der Waals surface area contributed by atoms with Crippen LogP contribution in [0.25, 0.3) is 16.6 Å². The van der Waals surface area contributed by atoms with Crippen LogP contribution >= 0.6 is 0 Å². The summed E-state index contributed by atoms with van der Waals surface area (Å²) in [7, 11) is 0. The van der Waals surface area contributed by atoms with Crippen molar-refractivity contribution < 1.29 is 29.6 Å². The maximum Gasteiger partial charge on any atom is 1.00 e. The summed E-state index contributed by atoms with van der Waals surface area (Å²) in [4.78, 5) is 25.4. The minimum absolute atomic E-state index is 0. The van der Waals surface area contributed by atoms with Gasteiger partial charge in [0.2, 0.25) is 11.1 Å². The molecule has 0 saturated heterocycles. The number of rotatable bonds is 4. The monoisotopic (exact) mass is 367 g/mol. The van der Waals surface area contributed by atoms with Gasteiger partial charge in [-0.1, -0.05) is 48.5 Å². The van der Waals surface area contributed by atoms with Crippen LogP contribution < -0.4 is 45.8 Å². The number of fused-ring (bicyclic) bond motifs is 1. The van der Waals surface area contributed by atoms with Gasteiger partial charge < -0.3 is 14.3 Å². The zero-order chi connectivity index (χ0) is 18.1. The number of aryl methyl sites for hydroxylation is 2. The van der Waals surface area contributed by atoms with Crippen molar-refractivity contribution in [1.29, 1.82) is 0 Å². The standard InChI is InChI=1S/C21H19N3O2.Na/c1-15-20-18(22-24(21(20)26)17-10-6-3-7-11-17)14-19(25)23(15)13-12-16-8-4-2-5-9-16;/h2-11,14H,12-13H2,1H3,(H,22,25);/q;+1/p-1.